The number of ether oxygens (including phenoxy) is 1. The Balaban J connectivity index is 1.30. The quantitative estimate of drug-likeness (QED) is 0.313. The number of likely N-dealkylation sites (tertiary alicyclic amines) is 1. The van der Waals surface area contributed by atoms with Crippen LogP contribution in [0.3, 0.4) is 0 Å². The Morgan fingerprint density at radius 2 is 1.89 bits per heavy atom. The summed E-state index contributed by atoms with van der Waals surface area (Å²) in [7, 11) is 0. The number of aromatic nitrogens is 3. The molecule has 0 spiro atoms. The number of carbonyl (C=O) groups excluding carboxylic acids is 2. The van der Waals surface area contributed by atoms with E-state index in [-0.39, 0.29) is 33.9 Å². The number of alkyl halides is 3. The van der Waals surface area contributed by atoms with E-state index in [0.29, 0.717) is 56.9 Å². The van der Waals surface area contributed by atoms with Crippen LogP contribution in [0.5, 0.6) is 0 Å². The summed E-state index contributed by atoms with van der Waals surface area (Å²) < 4.78 is 45.7. The van der Waals surface area contributed by atoms with Gasteiger partial charge in [0, 0.05) is 54.2 Å². The van der Waals surface area contributed by atoms with Gasteiger partial charge in [-0.2, -0.15) is 13.2 Å². The smallest absolute Gasteiger partial charge is 0.416 e. The van der Waals surface area contributed by atoms with Crippen LogP contribution in [-0.2, 0) is 22.3 Å². The van der Waals surface area contributed by atoms with E-state index in [1.807, 2.05) is 9.80 Å². The third-order valence-corrected chi connectivity index (χ3v) is 8.85. The molecule has 1 amide bonds. The van der Waals surface area contributed by atoms with Gasteiger partial charge < -0.3 is 9.64 Å². The highest BCUT2D eigenvalue weighted by molar-refractivity contribution is 7.16. The molecule has 5 rings (SSSR count). The molecule has 1 aromatic carbocycles. The molecular formula is C29H33ClF3N7O3S. The molecule has 0 radical (unpaired) electrons. The van der Waals surface area contributed by atoms with Crippen LogP contribution in [0.15, 0.2) is 30.6 Å². The molecule has 1 unspecified atom stereocenters. The summed E-state index contributed by atoms with van der Waals surface area (Å²) in [5.74, 6) is -0.177. The van der Waals surface area contributed by atoms with Crippen LogP contribution < -0.4 is 10.2 Å². The second-order valence-electron chi connectivity index (χ2n) is 10.8. The highest BCUT2D eigenvalue weighted by Crippen LogP contribution is 2.39. The molecule has 1 N–H and O–H groups in total. The van der Waals surface area contributed by atoms with Gasteiger partial charge in [0.2, 0.25) is 0 Å². The Morgan fingerprint density at radius 3 is 2.52 bits per heavy atom. The molecular weight excluding hydrogens is 619 g/mol. The van der Waals surface area contributed by atoms with Gasteiger partial charge in [-0.05, 0) is 51.4 Å². The van der Waals surface area contributed by atoms with Gasteiger partial charge in [-0.25, -0.2) is 15.0 Å². The first kappa shape index (κ1) is 32.1. The van der Waals surface area contributed by atoms with Gasteiger partial charge in [0.15, 0.2) is 5.13 Å². The highest BCUT2D eigenvalue weighted by Gasteiger charge is 2.32. The highest BCUT2D eigenvalue weighted by atomic mass is 35.5. The topological polar surface area (TPSA) is 104 Å². The Bertz CT molecular complexity index is 1480. The van der Waals surface area contributed by atoms with Gasteiger partial charge in [0.05, 0.1) is 36.8 Å². The van der Waals surface area contributed by atoms with Crippen LogP contribution in [0.4, 0.5) is 24.1 Å². The molecule has 0 saturated carbocycles. The van der Waals surface area contributed by atoms with Crippen LogP contribution in [0.25, 0.3) is 11.3 Å². The Morgan fingerprint density at radius 1 is 1.11 bits per heavy atom. The standard InChI is InChI=1S/C29H33ClF3N7O3S/c1-3-43-25(41)17-38-7-9-39(10-8-38)24-15-34-22(14-35-24)27(42)37-28-36-26(23(44-28)16-40-6-4-5-18(40)2)19-11-20(29(31,32)33)13-21(30)12-19/h11-15,18H,3-10,16-17H2,1-2H3,(H,36,37,42). The molecule has 2 aromatic heterocycles. The van der Waals surface area contributed by atoms with Gasteiger partial charge in [0.25, 0.3) is 5.91 Å². The first-order valence-electron chi connectivity index (χ1n) is 14.4. The Hall–Kier alpha value is -3.33. The number of amides is 1. The fourth-order valence-electron chi connectivity index (χ4n) is 5.33. The Kier molecular flexibility index (Phi) is 10.0. The molecule has 2 fully saturated rings. The number of anilines is 2. The predicted octanol–water partition coefficient (Wildman–Crippen LogP) is 5.19. The molecule has 2 aliphatic heterocycles. The number of halogens is 4. The van der Waals surface area contributed by atoms with Crippen molar-refractivity contribution in [3.05, 3.63) is 51.7 Å². The molecule has 15 heteroatoms. The van der Waals surface area contributed by atoms with Crippen LogP contribution in [0.1, 0.15) is 47.6 Å². The minimum absolute atomic E-state index is 0.0512. The maximum Gasteiger partial charge on any atom is 0.416 e. The van der Waals surface area contributed by atoms with Crippen molar-refractivity contribution >= 4 is 45.8 Å². The second kappa shape index (κ2) is 13.8. The number of nitrogens with one attached hydrogen (secondary N) is 1. The maximum absolute atomic E-state index is 13.6. The molecule has 44 heavy (non-hydrogen) atoms. The fraction of sp³-hybridized carbons (Fsp3) is 0.483. The summed E-state index contributed by atoms with van der Waals surface area (Å²) in [4.78, 5) is 45.1. The van der Waals surface area contributed by atoms with Crippen LogP contribution in [-0.4, -0.2) is 88.5 Å². The first-order chi connectivity index (χ1) is 21.0. The molecule has 3 aromatic rings. The van der Waals surface area contributed by atoms with Crippen molar-refractivity contribution in [2.24, 2.45) is 0 Å². The van der Waals surface area contributed by atoms with Gasteiger partial charge in [-0.1, -0.05) is 22.9 Å². The molecule has 10 nitrogen and oxygen atoms in total. The Labute approximate surface area is 262 Å². The molecule has 2 saturated heterocycles. The van der Waals surface area contributed by atoms with Gasteiger partial charge in [-0.15, -0.1) is 0 Å². The van der Waals surface area contributed by atoms with E-state index >= 15 is 0 Å². The van der Waals surface area contributed by atoms with E-state index in [1.54, 1.807) is 6.92 Å². The van der Waals surface area contributed by atoms with Gasteiger partial charge in [0.1, 0.15) is 11.5 Å². The number of piperazine rings is 1. The van der Waals surface area contributed by atoms with Crippen molar-refractivity contribution in [2.45, 2.75) is 45.5 Å². The van der Waals surface area contributed by atoms with Crippen molar-refractivity contribution in [1.82, 2.24) is 24.8 Å². The fourth-order valence-corrected chi connectivity index (χ4v) is 6.57. The number of nitrogens with zero attached hydrogens (tertiary/aromatic N) is 6. The van der Waals surface area contributed by atoms with Gasteiger partial charge >= 0.3 is 12.1 Å². The summed E-state index contributed by atoms with van der Waals surface area (Å²) in [6.45, 7) is 8.42. The van der Waals surface area contributed by atoms with E-state index in [0.717, 1.165) is 36.4 Å². The molecule has 1 atom stereocenters. The van der Waals surface area contributed by atoms with Crippen LogP contribution >= 0.6 is 22.9 Å². The molecule has 0 aliphatic carbocycles. The zero-order valence-corrected chi connectivity index (χ0v) is 25.9. The number of rotatable bonds is 9. The first-order valence-corrected chi connectivity index (χ1v) is 15.6. The van der Waals surface area contributed by atoms with Crippen LogP contribution in [0, 0.1) is 0 Å². The maximum atomic E-state index is 13.6. The number of benzene rings is 1. The lowest BCUT2D eigenvalue weighted by Crippen LogP contribution is -2.48. The second-order valence-corrected chi connectivity index (χ2v) is 12.3. The number of hydrogen-bond acceptors (Lipinski definition) is 10. The third-order valence-electron chi connectivity index (χ3n) is 7.68. The van der Waals surface area contributed by atoms with Gasteiger partial charge in [-0.3, -0.25) is 24.7 Å². The largest absolute Gasteiger partial charge is 0.465 e. The van der Waals surface area contributed by atoms with E-state index in [4.69, 9.17) is 16.3 Å². The molecule has 236 valence electrons. The number of carbonyl (C=O) groups is 2. The lowest BCUT2D eigenvalue weighted by Gasteiger charge is -2.34. The summed E-state index contributed by atoms with van der Waals surface area (Å²) in [6.07, 6.45) is 0.395. The average Bonchev–Trinajstić information content (AvgIpc) is 3.58. The van der Waals surface area contributed by atoms with E-state index in [9.17, 15) is 22.8 Å². The van der Waals surface area contributed by atoms with E-state index < -0.39 is 17.6 Å². The minimum Gasteiger partial charge on any atom is -0.465 e. The van der Waals surface area contributed by atoms with Crippen molar-refractivity contribution in [3.63, 3.8) is 0 Å². The molecule has 4 heterocycles. The van der Waals surface area contributed by atoms with Crippen LogP contribution in [0.2, 0.25) is 5.02 Å². The number of thiazole rings is 1. The van der Waals surface area contributed by atoms with Crippen molar-refractivity contribution in [2.75, 3.05) is 56.1 Å². The van der Waals surface area contributed by atoms with Crippen molar-refractivity contribution in [1.29, 1.82) is 0 Å². The number of hydrogen-bond donors (Lipinski definition) is 1. The third kappa shape index (κ3) is 7.84. The SMILES string of the molecule is CCOC(=O)CN1CCN(c2cnc(C(=O)Nc3nc(-c4cc(Cl)cc(C(F)(F)F)c4)c(CN4CCCC4C)s3)cn2)CC1. The lowest BCUT2D eigenvalue weighted by molar-refractivity contribution is -0.144. The summed E-state index contributed by atoms with van der Waals surface area (Å²) in [5.41, 5.74) is -0.214. The average molecular weight is 652 g/mol. The minimum atomic E-state index is -4.57. The zero-order chi connectivity index (χ0) is 31.4. The normalized spacial score (nSPS) is 18.0. The van der Waals surface area contributed by atoms with E-state index in [1.165, 1.54) is 29.8 Å². The summed E-state index contributed by atoms with van der Waals surface area (Å²) in [6, 6.07) is 3.69. The van der Waals surface area contributed by atoms with E-state index in [2.05, 4.69) is 32.1 Å². The monoisotopic (exact) mass is 651 g/mol. The number of esters is 1. The zero-order valence-electron chi connectivity index (χ0n) is 24.4. The lowest BCUT2D eigenvalue weighted by atomic mass is 10.1. The van der Waals surface area contributed by atoms with Crippen molar-refractivity contribution in [3.8, 4) is 11.3 Å². The molecule has 2 aliphatic rings. The summed E-state index contributed by atoms with van der Waals surface area (Å²) >= 11 is 7.30. The molecule has 0 bridgehead atoms. The van der Waals surface area contributed by atoms with Crippen molar-refractivity contribution < 1.29 is 27.5 Å². The predicted molar refractivity (Wildman–Crippen MR) is 162 cm³/mol. The summed E-state index contributed by atoms with van der Waals surface area (Å²) in [5, 5.41) is 2.93.